The van der Waals surface area contributed by atoms with E-state index in [1.165, 1.54) is 24.3 Å². The monoisotopic (exact) mass is 286 g/mol. The lowest BCUT2D eigenvalue weighted by Crippen LogP contribution is -2.20. The summed E-state index contributed by atoms with van der Waals surface area (Å²) in [7, 11) is -3.30. The fourth-order valence-corrected chi connectivity index (χ4v) is 3.15. The van der Waals surface area contributed by atoms with Crippen LogP contribution in [0, 0.1) is 5.82 Å². The maximum Gasteiger partial charge on any atom is 0.157 e. The highest BCUT2D eigenvalue weighted by Crippen LogP contribution is 2.06. The van der Waals surface area contributed by atoms with Gasteiger partial charge in [0.05, 0.1) is 5.75 Å². The third kappa shape index (κ3) is 6.47. The molecule has 3 nitrogen and oxygen atoms in total. The van der Waals surface area contributed by atoms with E-state index in [9.17, 15) is 17.6 Å². The largest absolute Gasteiger partial charge is 0.298 e. The van der Waals surface area contributed by atoms with Gasteiger partial charge in [-0.25, -0.2) is 12.8 Å². The zero-order valence-electron chi connectivity index (χ0n) is 11.1. The summed E-state index contributed by atoms with van der Waals surface area (Å²) < 4.78 is 36.0. The van der Waals surface area contributed by atoms with E-state index in [0.29, 0.717) is 12.0 Å². The Labute approximate surface area is 113 Å². The average molecular weight is 286 g/mol. The van der Waals surface area contributed by atoms with Crippen molar-refractivity contribution in [3.05, 3.63) is 35.6 Å². The Morgan fingerprint density at radius 1 is 1.16 bits per heavy atom. The van der Waals surface area contributed by atoms with Crippen LogP contribution in [0.2, 0.25) is 0 Å². The molecule has 19 heavy (non-hydrogen) atoms. The molecule has 1 rings (SSSR count). The highest BCUT2D eigenvalue weighted by Gasteiger charge is 2.16. The lowest BCUT2D eigenvalue weighted by atomic mass is 10.1. The van der Waals surface area contributed by atoms with Gasteiger partial charge in [0.15, 0.2) is 15.6 Å². The van der Waals surface area contributed by atoms with Gasteiger partial charge in [-0.05, 0) is 24.1 Å². The SMILES string of the molecule is CCCCCS(=O)(=O)CC(=O)Cc1ccc(F)cc1. The molecule has 0 unspecified atom stereocenters. The number of carbonyl (C=O) groups excluding carboxylic acids is 1. The summed E-state index contributed by atoms with van der Waals surface area (Å²) in [5.41, 5.74) is 0.634. The Hall–Kier alpha value is -1.23. The van der Waals surface area contributed by atoms with Crippen molar-refractivity contribution in [3.8, 4) is 0 Å². The number of halogens is 1. The molecule has 0 N–H and O–H groups in total. The number of hydrogen-bond acceptors (Lipinski definition) is 3. The lowest BCUT2D eigenvalue weighted by molar-refractivity contribution is -0.116. The second-order valence-corrected chi connectivity index (χ2v) is 6.83. The number of carbonyl (C=O) groups is 1. The number of rotatable bonds is 8. The van der Waals surface area contributed by atoms with Gasteiger partial charge in [-0.3, -0.25) is 4.79 Å². The van der Waals surface area contributed by atoms with Gasteiger partial charge in [0.25, 0.3) is 0 Å². The Morgan fingerprint density at radius 3 is 2.37 bits per heavy atom. The summed E-state index contributed by atoms with van der Waals surface area (Å²) >= 11 is 0. The van der Waals surface area contributed by atoms with Crippen LogP contribution in [0.25, 0.3) is 0 Å². The second kappa shape index (κ2) is 7.38. The summed E-state index contributed by atoms with van der Waals surface area (Å²) in [4.78, 5) is 11.7. The number of ketones is 1. The molecular weight excluding hydrogens is 267 g/mol. The molecule has 0 amide bonds. The maximum absolute atomic E-state index is 12.7. The summed E-state index contributed by atoms with van der Waals surface area (Å²) in [6, 6.07) is 5.52. The van der Waals surface area contributed by atoms with Crippen molar-refractivity contribution in [2.75, 3.05) is 11.5 Å². The van der Waals surface area contributed by atoms with Gasteiger partial charge in [-0.1, -0.05) is 31.9 Å². The van der Waals surface area contributed by atoms with Crippen LogP contribution in [0.1, 0.15) is 31.7 Å². The van der Waals surface area contributed by atoms with Crippen LogP contribution < -0.4 is 0 Å². The first-order valence-electron chi connectivity index (χ1n) is 6.39. The van der Waals surface area contributed by atoms with E-state index in [4.69, 9.17) is 0 Å². The maximum atomic E-state index is 12.7. The van der Waals surface area contributed by atoms with Gasteiger partial charge in [0.2, 0.25) is 0 Å². The summed E-state index contributed by atoms with van der Waals surface area (Å²) in [6.07, 6.45) is 2.43. The standard InChI is InChI=1S/C14H19FO3S/c1-2-3-4-9-19(17,18)11-14(16)10-12-5-7-13(15)8-6-12/h5-8H,2-4,9-11H2,1H3. The molecular formula is C14H19FO3S. The highest BCUT2D eigenvalue weighted by molar-refractivity contribution is 7.92. The fourth-order valence-electron chi connectivity index (χ4n) is 1.77. The van der Waals surface area contributed by atoms with Crippen molar-refractivity contribution in [1.29, 1.82) is 0 Å². The van der Waals surface area contributed by atoms with E-state index < -0.39 is 15.6 Å². The number of unbranched alkanes of at least 4 members (excludes halogenated alkanes) is 2. The van der Waals surface area contributed by atoms with Crippen LogP contribution in [0.3, 0.4) is 0 Å². The third-order valence-corrected chi connectivity index (χ3v) is 4.43. The molecule has 0 radical (unpaired) electrons. The molecule has 0 aliphatic carbocycles. The number of sulfone groups is 1. The topological polar surface area (TPSA) is 51.2 Å². The minimum atomic E-state index is -3.30. The van der Waals surface area contributed by atoms with E-state index in [0.717, 1.165) is 12.8 Å². The molecule has 0 bridgehead atoms. The average Bonchev–Trinajstić information content (AvgIpc) is 2.31. The molecule has 0 fully saturated rings. The molecule has 1 aromatic carbocycles. The van der Waals surface area contributed by atoms with Gasteiger partial charge in [-0.15, -0.1) is 0 Å². The first kappa shape index (κ1) is 15.8. The fraction of sp³-hybridized carbons (Fsp3) is 0.500. The Balaban J connectivity index is 2.48. The third-order valence-electron chi connectivity index (χ3n) is 2.75. The Kier molecular flexibility index (Phi) is 6.15. The van der Waals surface area contributed by atoms with Crippen LogP contribution in [0.4, 0.5) is 4.39 Å². The predicted molar refractivity (Wildman–Crippen MR) is 73.3 cm³/mol. The van der Waals surface area contributed by atoms with Crippen LogP contribution in [0.15, 0.2) is 24.3 Å². The van der Waals surface area contributed by atoms with Gasteiger partial charge >= 0.3 is 0 Å². The smallest absolute Gasteiger partial charge is 0.157 e. The molecule has 0 saturated carbocycles. The van der Waals surface area contributed by atoms with E-state index in [1.54, 1.807) is 0 Å². The Morgan fingerprint density at radius 2 is 1.79 bits per heavy atom. The van der Waals surface area contributed by atoms with Gasteiger partial charge in [0.1, 0.15) is 11.6 Å². The van der Waals surface area contributed by atoms with Crippen LogP contribution in [-0.2, 0) is 21.1 Å². The molecule has 0 atom stereocenters. The number of benzene rings is 1. The molecule has 0 aromatic heterocycles. The first-order valence-corrected chi connectivity index (χ1v) is 8.21. The van der Waals surface area contributed by atoms with Crippen LogP contribution in [-0.4, -0.2) is 25.7 Å². The summed E-state index contributed by atoms with van der Waals surface area (Å²) in [6.45, 7) is 1.99. The van der Waals surface area contributed by atoms with Crippen LogP contribution >= 0.6 is 0 Å². The molecule has 0 spiro atoms. The molecule has 0 aliphatic rings. The van der Waals surface area contributed by atoms with Crippen LogP contribution in [0.5, 0.6) is 0 Å². The predicted octanol–water partition coefficient (Wildman–Crippen LogP) is 2.54. The van der Waals surface area contributed by atoms with Crippen molar-refractivity contribution in [2.24, 2.45) is 0 Å². The van der Waals surface area contributed by atoms with Gasteiger partial charge < -0.3 is 0 Å². The van der Waals surface area contributed by atoms with E-state index in [1.807, 2.05) is 6.92 Å². The minimum absolute atomic E-state index is 0.0350. The van der Waals surface area contributed by atoms with E-state index in [-0.39, 0.29) is 23.8 Å². The van der Waals surface area contributed by atoms with E-state index in [2.05, 4.69) is 0 Å². The Bertz CT molecular complexity index is 506. The van der Waals surface area contributed by atoms with Gasteiger partial charge in [0, 0.05) is 6.42 Å². The normalized spacial score (nSPS) is 11.5. The molecule has 0 saturated heterocycles. The second-order valence-electron chi connectivity index (χ2n) is 4.64. The summed E-state index contributed by atoms with van der Waals surface area (Å²) in [5, 5.41) is 0. The molecule has 106 valence electrons. The van der Waals surface area contributed by atoms with Crippen molar-refractivity contribution in [2.45, 2.75) is 32.6 Å². The quantitative estimate of drug-likeness (QED) is 0.690. The van der Waals surface area contributed by atoms with Gasteiger partial charge in [-0.2, -0.15) is 0 Å². The van der Waals surface area contributed by atoms with Crippen molar-refractivity contribution < 1.29 is 17.6 Å². The molecule has 0 heterocycles. The van der Waals surface area contributed by atoms with E-state index >= 15 is 0 Å². The molecule has 5 heteroatoms. The van der Waals surface area contributed by atoms with Crippen molar-refractivity contribution >= 4 is 15.6 Å². The first-order chi connectivity index (χ1) is 8.93. The van der Waals surface area contributed by atoms with Crippen molar-refractivity contribution in [3.63, 3.8) is 0 Å². The zero-order valence-corrected chi connectivity index (χ0v) is 11.9. The molecule has 1 aromatic rings. The lowest BCUT2D eigenvalue weighted by Gasteiger charge is -2.04. The number of Topliss-reactive ketones (excluding diaryl/α,β-unsaturated/α-hetero) is 1. The molecule has 0 aliphatic heterocycles. The number of hydrogen-bond donors (Lipinski definition) is 0. The summed E-state index contributed by atoms with van der Waals surface area (Å²) in [5.74, 6) is -1.07. The highest BCUT2D eigenvalue weighted by atomic mass is 32.2. The van der Waals surface area contributed by atoms with Crippen molar-refractivity contribution in [1.82, 2.24) is 0 Å². The minimum Gasteiger partial charge on any atom is -0.298 e. The zero-order chi connectivity index (χ0) is 14.3.